The number of pyridine rings is 1. The predicted molar refractivity (Wildman–Crippen MR) is 101 cm³/mol. The number of aromatic nitrogens is 1. The molecule has 26 heavy (non-hydrogen) atoms. The summed E-state index contributed by atoms with van der Waals surface area (Å²) in [7, 11) is 1.48. The number of fused-ring (bicyclic) bond motifs is 2. The maximum atomic E-state index is 11.7. The minimum Gasteiger partial charge on any atom is -0.496 e. The number of amides is 1. The summed E-state index contributed by atoms with van der Waals surface area (Å²) >= 11 is 1.53. The normalized spacial score (nSPS) is 15.4. The largest absolute Gasteiger partial charge is 0.496 e. The summed E-state index contributed by atoms with van der Waals surface area (Å²) in [4.78, 5) is 17.1. The van der Waals surface area contributed by atoms with Crippen LogP contribution in [0.2, 0.25) is 0 Å². The minimum absolute atomic E-state index is 0.160. The van der Waals surface area contributed by atoms with Gasteiger partial charge in [-0.3, -0.25) is 9.78 Å². The van der Waals surface area contributed by atoms with Crippen LogP contribution in [0.5, 0.6) is 17.2 Å². The van der Waals surface area contributed by atoms with E-state index < -0.39 is 5.91 Å². The number of methoxy groups -OCH3 is 1. The van der Waals surface area contributed by atoms with Crippen LogP contribution in [-0.4, -0.2) is 23.5 Å². The number of carbonyl (C=O) groups is 1. The number of rotatable bonds is 4. The molecule has 2 heterocycles. The van der Waals surface area contributed by atoms with E-state index in [4.69, 9.17) is 20.9 Å². The summed E-state index contributed by atoms with van der Waals surface area (Å²) in [6, 6.07) is 10.7. The van der Waals surface area contributed by atoms with E-state index in [1.807, 2.05) is 18.2 Å². The standard InChI is InChI=1S/C18H16N4O3S/c1-24-15-8-13-10(7-11(15)17(19)23)14(4-5-21-13)25-9-2-3-12-16(6-9)26-18(20)22-12/h2-8,18,22H,20H2,1H3,(H2,19,23). The van der Waals surface area contributed by atoms with Gasteiger partial charge in [0, 0.05) is 22.5 Å². The Balaban J connectivity index is 1.76. The summed E-state index contributed by atoms with van der Waals surface area (Å²) in [5, 5.41) is 3.83. The van der Waals surface area contributed by atoms with Crippen molar-refractivity contribution >= 4 is 34.3 Å². The molecule has 5 N–H and O–H groups in total. The lowest BCUT2D eigenvalue weighted by Crippen LogP contribution is -2.20. The highest BCUT2D eigenvalue weighted by molar-refractivity contribution is 8.00. The molecule has 0 radical (unpaired) electrons. The zero-order valence-electron chi connectivity index (χ0n) is 13.9. The Labute approximate surface area is 153 Å². The Morgan fingerprint density at radius 1 is 1.23 bits per heavy atom. The molecule has 1 aromatic heterocycles. The van der Waals surface area contributed by atoms with Crippen LogP contribution in [0.3, 0.4) is 0 Å². The Bertz CT molecular complexity index is 1020. The molecule has 3 aromatic rings. The molecule has 0 fully saturated rings. The smallest absolute Gasteiger partial charge is 0.252 e. The molecule has 0 saturated heterocycles. The van der Waals surface area contributed by atoms with Gasteiger partial charge in [-0.25, -0.2) is 0 Å². The van der Waals surface area contributed by atoms with Crippen LogP contribution in [0.1, 0.15) is 10.4 Å². The first kappa shape index (κ1) is 16.5. The summed E-state index contributed by atoms with van der Waals surface area (Å²) in [5.74, 6) is 1.03. The van der Waals surface area contributed by atoms with E-state index in [1.165, 1.54) is 18.9 Å². The molecule has 1 amide bonds. The van der Waals surface area contributed by atoms with Crippen molar-refractivity contribution in [2.24, 2.45) is 11.5 Å². The second-order valence-electron chi connectivity index (χ2n) is 5.69. The fourth-order valence-electron chi connectivity index (χ4n) is 2.83. The summed E-state index contributed by atoms with van der Waals surface area (Å²) in [6.45, 7) is 0. The van der Waals surface area contributed by atoms with Gasteiger partial charge in [-0.2, -0.15) is 0 Å². The summed E-state index contributed by atoms with van der Waals surface area (Å²) < 4.78 is 11.3. The number of ether oxygens (including phenoxy) is 2. The highest BCUT2D eigenvalue weighted by atomic mass is 32.2. The van der Waals surface area contributed by atoms with E-state index in [9.17, 15) is 4.79 Å². The number of carbonyl (C=O) groups excluding carboxylic acids is 1. The van der Waals surface area contributed by atoms with Crippen LogP contribution in [0.15, 0.2) is 47.5 Å². The van der Waals surface area contributed by atoms with Crippen molar-refractivity contribution in [3.63, 3.8) is 0 Å². The van der Waals surface area contributed by atoms with Crippen molar-refractivity contribution in [1.29, 1.82) is 0 Å². The number of nitrogens with zero attached hydrogens (tertiary/aromatic N) is 1. The zero-order valence-corrected chi connectivity index (χ0v) is 14.7. The molecule has 0 saturated carbocycles. The molecule has 1 unspecified atom stereocenters. The van der Waals surface area contributed by atoms with Gasteiger partial charge in [-0.15, -0.1) is 0 Å². The molecule has 2 aromatic carbocycles. The van der Waals surface area contributed by atoms with Crippen molar-refractivity contribution in [2.75, 3.05) is 12.4 Å². The molecule has 1 atom stereocenters. The number of nitrogens with two attached hydrogens (primary N) is 2. The first-order valence-electron chi connectivity index (χ1n) is 7.82. The first-order valence-corrected chi connectivity index (χ1v) is 8.70. The molecular formula is C18H16N4O3S. The van der Waals surface area contributed by atoms with E-state index in [1.54, 1.807) is 24.4 Å². The number of nitrogens with one attached hydrogen (secondary N) is 1. The molecule has 0 spiro atoms. The van der Waals surface area contributed by atoms with Crippen LogP contribution in [0, 0.1) is 0 Å². The lowest BCUT2D eigenvalue weighted by atomic mass is 10.1. The maximum absolute atomic E-state index is 11.7. The van der Waals surface area contributed by atoms with E-state index in [0.717, 1.165) is 10.6 Å². The molecule has 132 valence electrons. The summed E-state index contributed by atoms with van der Waals surface area (Å²) in [5.41, 5.74) is 13.1. The monoisotopic (exact) mass is 368 g/mol. The Morgan fingerprint density at radius 3 is 2.85 bits per heavy atom. The van der Waals surface area contributed by atoms with Gasteiger partial charge in [0.05, 0.1) is 23.9 Å². The Hall–Kier alpha value is -2.97. The number of anilines is 1. The number of hydrogen-bond donors (Lipinski definition) is 3. The van der Waals surface area contributed by atoms with Gasteiger partial charge >= 0.3 is 0 Å². The second-order valence-corrected chi connectivity index (χ2v) is 6.87. The van der Waals surface area contributed by atoms with Gasteiger partial charge in [0.15, 0.2) is 0 Å². The fraction of sp³-hybridized carbons (Fsp3) is 0.111. The average Bonchev–Trinajstić information content (AvgIpc) is 3.00. The number of hydrogen-bond acceptors (Lipinski definition) is 7. The average molecular weight is 368 g/mol. The third-order valence-corrected chi connectivity index (χ3v) is 4.98. The molecule has 4 rings (SSSR count). The minimum atomic E-state index is -0.576. The lowest BCUT2D eigenvalue weighted by molar-refractivity contribution is 0.0997. The first-order chi connectivity index (χ1) is 12.5. The maximum Gasteiger partial charge on any atom is 0.252 e. The molecule has 0 bridgehead atoms. The highest BCUT2D eigenvalue weighted by Gasteiger charge is 2.19. The Morgan fingerprint density at radius 2 is 2.08 bits per heavy atom. The van der Waals surface area contributed by atoms with Crippen molar-refractivity contribution in [3.05, 3.63) is 48.2 Å². The highest BCUT2D eigenvalue weighted by Crippen LogP contribution is 2.40. The zero-order chi connectivity index (χ0) is 18.3. The van der Waals surface area contributed by atoms with Crippen molar-refractivity contribution in [3.8, 4) is 17.2 Å². The van der Waals surface area contributed by atoms with Gasteiger partial charge in [0.1, 0.15) is 22.7 Å². The molecule has 8 heteroatoms. The van der Waals surface area contributed by atoms with Gasteiger partial charge in [0.25, 0.3) is 5.91 Å². The van der Waals surface area contributed by atoms with Gasteiger partial charge < -0.3 is 26.3 Å². The number of thioether (sulfide) groups is 1. The van der Waals surface area contributed by atoms with Gasteiger partial charge in [0.2, 0.25) is 0 Å². The van der Waals surface area contributed by atoms with E-state index in [2.05, 4.69) is 10.3 Å². The van der Waals surface area contributed by atoms with Gasteiger partial charge in [-0.05, 0) is 30.3 Å². The quantitative estimate of drug-likeness (QED) is 0.649. The van der Waals surface area contributed by atoms with E-state index >= 15 is 0 Å². The number of primary amides is 1. The second kappa shape index (κ2) is 6.40. The molecular weight excluding hydrogens is 352 g/mol. The molecule has 1 aliphatic heterocycles. The SMILES string of the molecule is COc1cc2nccc(Oc3ccc4c(c3)SC(N)N4)c2cc1C(N)=O. The lowest BCUT2D eigenvalue weighted by Gasteiger charge is -2.12. The molecule has 1 aliphatic rings. The van der Waals surface area contributed by atoms with Crippen LogP contribution in [-0.2, 0) is 0 Å². The predicted octanol–water partition coefficient (Wildman–Crippen LogP) is 2.89. The van der Waals surface area contributed by atoms with Crippen LogP contribution in [0.25, 0.3) is 10.9 Å². The third kappa shape index (κ3) is 2.89. The van der Waals surface area contributed by atoms with E-state index in [0.29, 0.717) is 28.2 Å². The fourth-order valence-corrected chi connectivity index (χ4v) is 3.73. The Kier molecular flexibility index (Phi) is 4.06. The number of benzene rings is 2. The van der Waals surface area contributed by atoms with E-state index in [-0.39, 0.29) is 11.1 Å². The third-order valence-electron chi connectivity index (χ3n) is 4.02. The van der Waals surface area contributed by atoms with Crippen LogP contribution >= 0.6 is 11.8 Å². The molecule has 7 nitrogen and oxygen atoms in total. The van der Waals surface area contributed by atoms with Crippen LogP contribution < -0.4 is 26.3 Å². The van der Waals surface area contributed by atoms with Crippen molar-refractivity contribution < 1.29 is 14.3 Å². The topological polar surface area (TPSA) is 112 Å². The van der Waals surface area contributed by atoms with Crippen molar-refractivity contribution in [1.82, 2.24) is 4.98 Å². The molecule has 0 aliphatic carbocycles. The van der Waals surface area contributed by atoms with Crippen LogP contribution in [0.4, 0.5) is 5.69 Å². The summed E-state index contributed by atoms with van der Waals surface area (Å²) in [6.07, 6.45) is 1.64. The van der Waals surface area contributed by atoms with Gasteiger partial charge in [-0.1, -0.05) is 11.8 Å². The van der Waals surface area contributed by atoms with Crippen molar-refractivity contribution in [2.45, 2.75) is 10.4 Å².